The topological polar surface area (TPSA) is 127 Å². The van der Waals surface area contributed by atoms with Crippen LogP contribution in [0.15, 0.2) is 23.3 Å². The Labute approximate surface area is 117 Å². The van der Waals surface area contributed by atoms with E-state index in [1.165, 1.54) is 0 Å². The highest BCUT2D eigenvalue weighted by Gasteiger charge is 2.04. The molecule has 1 rings (SSSR count). The number of nitriles is 1. The van der Waals surface area contributed by atoms with E-state index < -0.39 is 5.84 Å². The molecule has 0 saturated heterocycles. The Morgan fingerprint density at radius 3 is 2.75 bits per heavy atom. The molecule has 0 bridgehead atoms. The second-order valence-electron chi connectivity index (χ2n) is 4.03. The van der Waals surface area contributed by atoms with Crippen molar-refractivity contribution in [2.75, 3.05) is 10.7 Å². The van der Waals surface area contributed by atoms with Gasteiger partial charge in [0.1, 0.15) is 6.07 Å². The smallest absolute Gasteiger partial charge is 0.224 e. The lowest BCUT2D eigenvalue weighted by molar-refractivity contribution is -0.115. The quantitative estimate of drug-likeness (QED) is 0.368. The largest absolute Gasteiger partial charge is 0.382 e. The van der Waals surface area contributed by atoms with Crippen LogP contribution in [0, 0.1) is 23.7 Å². The van der Waals surface area contributed by atoms with Crippen LogP contribution in [0.25, 0.3) is 0 Å². The first kappa shape index (κ1) is 15.2. The van der Waals surface area contributed by atoms with Crippen LogP contribution in [0.3, 0.4) is 0 Å². The van der Waals surface area contributed by atoms with Crippen LogP contribution in [-0.4, -0.2) is 17.5 Å². The van der Waals surface area contributed by atoms with Crippen LogP contribution in [0.1, 0.15) is 18.9 Å². The molecule has 0 radical (unpaired) electrons. The highest BCUT2D eigenvalue weighted by molar-refractivity contribution is 6.45. The van der Waals surface area contributed by atoms with E-state index in [0.717, 1.165) is 5.56 Å². The maximum absolute atomic E-state index is 11.3. The molecule has 0 fully saturated rings. The number of amides is 1. The molecule has 1 aromatic rings. The minimum absolute atomic E-state index is 0.0634. The Balaban J connectivity index is 2.87. The third-order valence-electron chi connectivity index (χ3n) is 2.48. The molecule has 0 unspecified atom stereocenters. The summed E-state index contributed by atoms with van der Waals surface area (Å²) in [5.41, 5.74) is 9.86. The lowest BCUT2D eigenvalue weighted by atomic mass is 10.2. The van der Waals surface area contributed by atoms with Crippen molar-refractivity contribution in [3.63, 3.8) is 0 Å². The molecule has 0 aliphatic carbocycles. The van der Waals surface area contributed by atoms with E-state index in [-0.39, 0.29) is 11.6 Å². The summed E-state index contributed by atoms with van der Waals surface area (Å²) in [5.74, 6) is -0.462. The molecule has 7 nitrogen and oxygen atoms in total. The zero-order chi connectivity index (χ0) is 15.1. The molecule has 0 saturated carbocycles. The van der Waals surface area contributed by atoms with Gasteiger partial charge in [0.25, 0.3) is 0 Å². The van der Waals surface area contributed by atoms with Gasteiger partial charge >= 0.3 is 0 Å². The lowest BCUT2D eigenvalue weighted by Gasteiger charge is -2.09. The van der Waals surface area contributed by atoms with E-state index in [9.17, 15) is 4.79 Å². The van der Waals surface area contributed by atoms with Crippen LogP contribution in [0.2, 0.25) is 0 Å². The van der Waals surface area contributed by atoms with Gasteiger partial charge in [-0.25, -0.2) is 0 Å². The summed E-state index contributed by atoms with van der Waals surface area (Å²) in [6.45, 7) is 3.61. The molecule has 0 spiro atoms. The zero-order valence-electron chi connectivity index (χ0n) is 11.3. The number of aryl methyl sites for hydroxylation is 1. The molecular formula is C13H16N6O. The maximum atomic E-state index is 11.3. The average Bonchev–Trinajstić information content (AvgIpc) is 2.41. The number of anilines is 2. The number of hydrazone groups is 1. The summed E-state index contributed by atoms with van der Waals surface area (Å²) in [5, 5.41) is 22.4. The van der Waals surface area contributed by atoms with Crippen molar-refractivity contribution in [1.29, 1.82) is 10.7 Å². The molecule has 0 atom stereocenters. The van der Waals surface area contributed by atoms with Gasteiger partial charge in [-0.1, -0.05) is 6.92 Å². The van der Waals surface area contributed by atoms with Crippen molar-refractivity contribution in [2.45, 2.75) is 20.3 Å². The van der Waals surface area contributed by atoms with Gasteiger partial charge < -0.3 is 11.1 Å². The number of nitrogens with one attached hydrogen (secondary N) is 3. The number of hydrogen-bond acceptors (Lipinski definition) is 5. The van der Waals surface area contributed by atoms with Crippen LogP contribution < -0.4 is 16.5 Å². The van der Waals surface area contributed by atoms with Crippen molar-refractivity contribution in [3.8, 4) is 6.07 Å². The first-order valence-electron chi connectivity index (χ1n) is 5.96. The summed E-state index contributed by atoms with van der Waals surface area (Å²) in [6.07, 6.45) is 0.410. The van der Waals surface area contributed by atoms with Gasteiger partial charge in [0.2, 0.25) is 11.6 Å². The van der Waals surface area contributed by atoms with Crippen molar-refractivity contribution in [1.82, 2.24) is 0 Å². The molecule has 7 heteroatoms. The number of amidine groups is 1. The van der Waals surface area contributed by atoms with Gasteiger partial charge in [-0.15, -0.1) is 0 Å². The first-order valence-corrected chi connectivity index (χ1v) is 5.96. The van der Waals surface area contributed by atoms with Crippen molar-refractivity contribution in [2.24, 2.45) is 10.8 Å². The van der Waals surface area contributed by atoms with Crippen LogP contribution >= 0.6 is 0 Å². The Morgan fingerprint density at radius 1 is 1.55 bits per heavy atom. The Morgan fingerprint density at radius 2 is 2.25 bits per heavy atom. The Bertz CT molecular complexity index is 599. The summed E-state index contributed by atoms with van der Waals surface area (Å²) < 4.78 is 0. The van der Waals surface area contributed by atoms with Gasteiger partial charge in [-0.3, -0.25) is 15.6 Å². The highest BCUT2D eigenvalue weighted by atomic mass is 16.1. The summed E-state index contributed by atoms with van der Waals surface area (Å²) in [4.78, 5) is 11.3. The third kappa shape index (κ3) is 4.10. The molecule has 5 N–H and O–H groups in total. The van der Waals surface area contributed by atoms with Crippen LogP contribution in [-0.2, 0) is 4.79 Å². The third-order valence-corrected chi connectivity index (χ3v) is 2.48. The average molecular weight is 272 g/mol. The van der Waals surface area contributed by atoms with E-state index in [0.29, 0.717) is 17.8 Å². The normalized spacial score (nSPS) is 10.6. The molecule has 1 aromatic carbocycles. The van der Waals surface area contributed by atoms with Gasteiger partial charge in [0.15, 0.2) is 5.84 Å². The van der Waals surface area contributed by atoms with Crippen molar-refractivity contribution >= 4 is 28.8 Å². The molecule has 1 amide bonds. The van der Waals surface area contributed by atoms with E-state index in [1.54, 1.807) is 31.2 Å². The first-order chi connectivity index (χ1) is 9.47. The Kier molecular flexibility index (Phi) is 5.23. The molecule has 20 heavy (non-hydrogen) atoms. The van der Waals surface area contributed by atoms with E-state index >= 15 is 0 Å². The van der Waals surface area contributed by atoms with Crippen molar-refractivity contribution in [3.05, 3.63) is 23.8 Å². The second kappa shape index (κ2) is 6.89. The lowest BCUT2D eigenvalue weighted by Crippen LogP contribution is -2.22. The molecule has 0 aliphatic heterocycles. The van der Waals surface area contributed by atoms with Crippen molar-refractivity contribution < 1.29 is 4.79 Å². The van der Waals surface area contributed by atoms with E-state index in [4.69, 9.17) is 16.4 Å². The second-order valence-corrected chi connectivity index (χ2v) is 4.03. The predicted octanol–water partition coefficient (Wildman–Crippen LogP) is 1.57. The molecule has 104 valence electrons. The Hall–Kier alpha value is -2.88. The monoisotopic (exact) mass is 272 g/mol. The molecule has 0 aromatic heterocycles. The van der Waals surface area contributed by atoms with E-state index in [2.05, 4.69) is 15.8 Å². The fourth-order valence-electron chi connectivity index (χ4n) is 1.38. The minimum Gasteiger partial charge on any atom is -0.382 e. The summed E-state index contributed by atoms with van der Waals surface area (Å²) in [7, 11) is 0. The molecule has 0 aliphatic rings. The summed E-state index contributed by atoms with van der Waals surface area (Å²) >= 11 is 0. The standard InChI is InChI=1S/C13H16N6O/c1-3-12(20)17-9-4-5-10(8(2)6-9)18-19-11(7-14)13(15)16/h4-6,18H,3H2,1-2H3,(H3,15,16)(H,17,20)/b19-11+. The number of nitrogens with zero attached hydrogens (tertiary/aromatic N) is 2. The molecule has 0 heterocycles. The SMILES string of the molecule is CCC(=O)Nc1ccc(N/N=C(\C#N)C(=N)N)c(C)c1. The number of hydrogen-bond donors (Lipinski definition) is 4. The molecular weight excluding hydrogens is 256 g/mol. The fraction of sp³-hybridized carbons (Fsp3) is 0.231. The zero-order valence-corrected chi connectivity index (χ0v) is 11.3. The highest BCUT2D eigenvalue weighted by Crippen LogP contribution is 2.19. The maximum Gasteiger partial charge on any atom is 0.224 e. The van der Waals surface area contributed by atoms with Gasteiger partial charge in [0.05, 0.1) is 5.69 Å². The van der Waals surface area contributed by atoms with Crippen LogP contribution in [0.4, 0.5) is 11.4 Å². The van der Waals surface area contributed by atoms with Gasteiger partial charge in [-0.05, 0) is 30.7 Å². The number of nitrogens with two attached hydrogens (primary N) is 1. The van der Waals surface area contributed by atoms with Gasteiger partial charge in [0, 0.05) is 12.1 Å². The number of carbonyl (C=O) groups excluding carboxylic acids is 1. The summed E-state index contributed by atoms with van der Waals surface area (Å²) in [6, 6.07) is 6.94. The minimum atomic E-state index is -0.399. The fourth-order valence-corrected chi connectivity index (χ4v) is 1.38. The predicted molar refractivity (Wildman–Crippen MR) is 78.7 cm³/mol. The number of benzene rings is 1. The van der Waals surface area contributed by atoms with Crippen LogP contribution in [0.5, 0.6) is 0 Å². The van der Waals surface area contributed by atoms with E-state index in [1.807, 2.05) is 6.92 Å². The number of carbonyl (C=O) groups is 1. The number of rotatable bonds is 5. The van der Waals surface area contributed by atoms with Gasteiger partial charge in [-0.2, -0.15) is 10.4 Å².